The van der Waals surface area contributed by atoms with Crippen LogP contribution in [0.1, 0.15) is 15.9 Å². The standard InChI is InChI=1S/C16H15N3O2S2/c1-19-14(13-4-3-9-22-13)17-18-16(19)23-10-11-5-7-12(8-6-11)15(20)21-2/h3-9H,10H2,1-2H3. The van der Waals surface area contributed by atoms with Gasteiger partial charge in [0.2, 0.25) is 0 Å². The third-order valence-corrected chi connectivity index (χ3v) is 5.28. The highest BCUT2D eigenvalue weighted by Gasteiger charge is 2.12. The Kier molecular flexibility index (Phi) is 4.78. The van der Waals surface area contributed by atoms with Crippen molar-refractivity contribution >= 4 is 29.1 Å². The van der Waals surface area contributed by atoms with E-state index in [2.05, 4.69) is 10.2 Å². The van der Waals surface area contributed by atoms with Gasteiger partial charge in [0.1, 0.15) is 0 Å². The third-order valence-electron chi connectivity index (χ3n) is 3.32. The minimum atomic E-state index is -0.321. The third kappa shape index (κ3) is 3.46. The Bertz CT molecular complexity index is 795. The summed E-state index contributed by atoms with van der Waals surface area (Å²) in [6.45, 7) is 0. The lowest BCUT2D eigenvalue weighted by Crippen LogP contribution is -2.00. The molecule has 0 amide bonds. The molecule has 0 saturated carbocycles. The van der Waals surface area contributed by atoms with Crippen LogP contribution in [0.2, 0.25) is 0 Å². The molecule has 0 fully saturated rings. The van der Waals surface area contributed by atoms with E-state index in [0.29, 0.717) is 5.56 Å². The molecule has 0 N–H and O–H groups in total. The highest BCUT2D eigenvalue weighted by molar-refractivity contribution is 7.98. The molecule has 118 valence electrons. The summed E-state index contributed by atoms with van der Waals surface area (Å²) in [6, 6.07) is 11.4. The molecule has 0 spiro atoms. The van der Waals surface area contributed by atoms with Crippen molar-refractivity contribution in [3.05, 3.63) is 52.9 Å². The van der Waals surface area contributed by atoms with E-state index in [4.69, 9.17) is 4.74 Å². The Morgan fingerprint density at radius 3 is 2.70 bits per heavy atom. The molecule has 0 aliphatic carbocycles. The average Bonchev–Trinajstić information content (AvgIpc) is 3.22. The largest absolute Gasteiger partial charge is 0.465 e. The second-order valence-corrected chi connectivity index (χ2v) is 6.71. The Morgan fingerprint density at radius 1 is 1.26 bits per heavy atom. The average molecular weight is 345 g/mol. The molecule has 3 rings (SSSR count). The highest BCUT2D eigenvalue weighted by atomic mass is 32.2. The normalized spacial score (nSPS) is 10.7. The van der Waals surface area contributed by atoms with E-state index in [9.17, 15) is 4.79 Å². The summed E-state index contributed by atoms with van der Waals surface area (Å²) in [5.74, 6) is 1.32. The number of esters is 1. The quantitative estimate of drug-likeness (QED) is 0.522. The molecule has 0 radical (unpaired) electrons. The maximum atomic E-state index is 11.4. The molecule has 5 nitrogen and oxygen atoms in total. The van der Waals surface area contributed by atoms with Gasteiger partial charge in [-0.3, -0.25) is 0 Å². The van der Waals surface area contributed by atoms with E-state index in [1.54, 1.807) is 35.2 Å². The molecule has 0 saturated heterocycles. The number of thioether (sulfide) groups is 1. The molecule has 2 aromatic heterocycles. The van der Waals surface area contributed by atoms with Crippen LogP contribution in [0.4, 0.5) is 0 Å². The van der Waals surface area contributed by atoms with Crippen molar-refractivity contribution in [2.24, 2.45) is 7.05 Å². The van der Waals surface area contributed by atoms with Gasteiger partial charge in [0.25, 0.3) is 0 Å². The predicted molar refractivity (Wildman–Crippen MR) is 91.7 cm³/mol. The molecule has 7 heteroatoms. The number of methoxy groups -OCH3 is 1. The number of carbonyl (C=O) groups is 1. The lowest BCUT2D eigenvalue weighted by Gasteiger charge is -2.04. The molecule has 1 aromatic carbocycles. The van der Waals surface area contributed by atoms with Crippen LogP contribution in [0.5, 0.6) is 0 Å². The van der Waals surface area contributed by atoms with Crippen molar-refractivity contribution in [3.63, 3.8) is 0 Å². The zero-order valence-corrected chi connectivity index (χ0v) is 14.4. The number of nitrogens with zero attached hydrogens (tertiary/aromatic N) is 3. The Balaban J connectivity index is 1.68. The van der Waals surface area contributed by atoms with Crippen LogP contribution >= 0.6 is 23.1 Å². The van der Waals surface area contributed by atoms with Crippen LogP contribution in [-0.2, 0) is 17.5 Å². The van der Waals surface area contributed by atoms with E-state index in [1.807, 2.05) is 41.3 Å². The SMILES string of the molecule is COC(=O)c1ccc(CSc2nnc(-c3cccs3)n2C)cc1. The van der Waals surface area contributed by atoms with Gasteiger partial charge in [0, 0.05) is 12.8 Å². The summed E-state index contributed by atoms with van der Waals surface area (Å²) in [5.41, 5.74) is 1.67. The zero-order valence-electron chi connectivity index (χ0n) is 12.7. The summed E-state index contributed by atoms with van der Waals surface area (Å²) >= 11 is 3.26. The fraction of sp³-hybridized carbons (Fsp3) is 0.188. The molecule has 0 bridgehead atoms. The number of ether oxygens (including phenoxy) is 1. The summed E-state index contributed by atoms with van der Waals surface area (Å²) in [5, 5.41) is 11.4. The number of carbonyl (C=O) groups excluding carboxylic acids is 1. The van der Waals surface area contributed by atoms with Crippen molar-refractivity contribution in [1.82, 2.24) is 14.8 Å². The second-order valence-electron chi connectivity index (χ2n) is 4.82. The minimum absolute atomic E-state index is 0.321. The van der Waals surface area contributed by atoms with Gasteiger partial charge in [-0.15, -0.1) is 21.5 Å². The van der Waals surface area contributed by atoms with Gasteiger partial charge in [-0.05, 0) is 29.1 Å². The fourth-order valence-corrected chi connectivity index (χ4v) is 3.67. The maximum absolute atomic E-state index is 11.4. The van der Waals surface area contributed by atoms with Gasteiger partial charge >= 0.3 is 5.97 Å². The van der Waals surface area contributed by atoms with Crippen molar-refractivity contribution in [1.29, 1.82) is 0 Å². The number of thiophene rings is 1. The summed E-state index contributed by atoms with van der Waals surface area (Å²) < 4.78 is 6.69. The van der Waals surface area contributed by atoms with E-state index >= 15 is 0 Å². The highest BCUT2D eigenvalue weighted by Crippen LogP contribution is 2.27. The second kappa shape index (κ2) is 6.97. The molecule has 0 unspecified atom stereocenters. The molecular weight excluding hydrogens is 330 g/mol. The first-order valence-electron chi connectivity index (χ1n) is 6.92. The first kappa shape index (κ1) is 15.8. The Labute approximate surface area is 142 Å². The van der Waals surface area contributed by atoms with Gasteiger partial charge in [0.15, 0.2) is 11.0 Å². The van der Waals surface area contributed by atoms with E-state index in [0.717, 1.165) is 27.2 Å². The van der Waals surface area contributed by atoms with Crippen LogP contribution < -0.4 is 0 Å². The number of rotatable bonds is 5. The topological polar surface area (TPSA) is 57.0 Å². The van der Waals surface area contributed by atoms with E-state index in [-0.39, 0.29) is 5.97 Å². The number of hydrogen-bond acceptors (Lipinski definition) is 6. The van der Waals surface area contributed by atoms with Crippen LogP contribution in [0.15, 0.2) is 46.9 Å². The summed E-state index contributed by atoms with van der Waals surface area (Å²) in [6.07, 6.45) is 0. The number of hydrogen-bond donors (Lipinski definition) is 0. The van der Waals surface area contributed by atoms with Gasteiger partial charge in [-0.25, -0.2) is 4.79 Å². The smallest absolute Gasteiger partial charge is 0.337 e. The van der Waals surface area contributed by atoms with Gasteiger partial charge < -0.3 is 9.30 Å². The number of aromatic nitrogens is 3. The van der Waals surface area contributed by atoms with Gasteiger partial charge in [0.05, 0.1) is 17.6 Å². The van der Waals surface area contributed by atoms with Crippen molar-refractivity contribution < 1.29 is 9.53 Å². The zero-order chi connectivity index (χ0) is 16.2. The monoisotopic (exact) mass is 345 g/mol. The van der Waals surface area contributed by atoms with Crippen LogP contribution in [0.25, 0.3) is 10.7 Å². The fourth-order valence-electron chi connectivity index (χ4n) is 2.06. The Morgan fingerprint density at radius 2 is 2.04 bits per heavy atom. The lowest BCUT2D eigenvalue weighted by molar-refractivity contribution is 0.0600. The molecule has 0 atom stereocenters. The molecular formula is C16H15N3O2S2. The van der Waals surface area contributed by atoms with Gasteiger partial charge in [-0.2, -0.15) is 0 Å². The van der Waals surface area contributed by atoms with Crippen molar-refractivity contribution in [3.8, 4) is 10.7 Å². The van der Waals surface area contributed by atoms with Crippen molar-refractivity contribution in [2.75, 3.05) is 7.11 Å². The molecule has 0 aliphatic rings. The Hall–Kier alpha value is -2.12. The summed E-state index contributed by atoms with van der Waals surface area (Å²) in [7, 11) is 3.35. The first-order valence-corrected chi connectivity index (χ1v) is 8.79. The van der Waals surface area contributed by atoms with E-state index in [1.165, 1.54) is 7.11 Å². The van der Waals surface area contributed by atoms with Crippen LogP contribution in [0, 0.1) is 0 Å². The first-order chi connectivity index (χ1) is 11.2. The molecule has 0 aliphatic heterocycles. The van der Waals surface area contributed by atoms with Crippen LogP contribution in [-0.4, -0.2) is 27.8 Å². The predicted octanol–water partition coefficient (Wildman–Crippen LogP) is 3.62. The molecule has 23 heavy (non-hydrogen) atoms. The summed E-state index contributed by atoms with van der Waals surface area (Å²) in [4.78, 5) is 12.5. The molecule has 3 aromatic rings. The van der Waals surface area contributed by atoms with Crippen molar-refractivity contribution in [2.45, 2.75) is 10.9 Å². The molecule has 2 heterocycles. The lowest BCUT2D eigenvalue weighted by atomic mass is 10.1. The van der Waals surface area contributed by atoms with E-state index < -0.39 is 0 Å². The van der Waals surface area contributed by atoms with Crippen LogP contribution in [0.3, 0.4) is 0 Å². The minimum Gasteiger partial charge on any atom is -0.465 e. The number of benzene rings is 1. The maximum Gasteiger partial charge on any atom is 0.337 e. The van der Waals surface area contributed by atoms with Gasteiger partial charge in [-0.1, -0.05) is 30.0 Å².